The summed E-state index contributed by atoms with van der Waals surface area (Å²) in [5, 5.41) is 7.11. The highest BCUT2D eigenvalue weighted by Crippen LogP contribution is 2.40. The average molecular weight is 384 g/mol. The molecular weight excluding hydrogens is 368 g/mol. The van der Waals surface area contributed by atoms with Gasteiger partial charge in [-0.25, -0.2) is 0 Å². The van der Waals surface area contributed by atoms with E-state index in [9.17, 15) is 0 Å². The molecule has 0 saturated heterocycles. The zero-order chi connectivity index (χ0) is 19.7. The number of furan rings is 1. The third-order valence-corrected chi connectivity index (χ3v) is 6.06. The number of rotatable bonds is 1. The lowest BCUT2D eigenvalue weighted by Gasteiger charge is -2.10. The van der Waals surface area contributed by atoms with Crippen LogP contribution in [0.5, 0.6) is 0 Å². The number of benzene rings is 4. The van der Waals surface area contributed by atoms with Gasteiger partial charge in [-0.3, -0.25) is 4.98 Å². The molecule has 0 radical (unpaired) electrons. The van der Waals surface area contributed by atoms with Crippen LogP contribution in [0.2, 0.25) is 0 Å². The summed E-state index contributed by atoms with van der Waals surface area (Å²) in [7, 11) is 0. The lowest BCUT2D eigenvalue weighted by Crippen LogP contribution is -1.94. The van der Waals surface area contributed by atoms with E-state index in [1.54, 1.807) is 0 Å². The Labute approximate surface area is 171 Å². The van der Waals surface area contributed by atoms with E-state index in [2.05, 4.69) is 82.3 Å². The average Bonchev–Trinajstić information content (AvgIpc) is 3.34. The van der Waals surface area contributed by atoms with Gasteiger partial charge in [0.2, 0.25) is 0 Å². The summed E-state index contributed by atoms with van der Waals surface area (Å²) >= 11 is 0. The van der Waals surface area contributed by atoms with Crippen molar-refractivity contribution in [2.24, 2.45) is 0 Å². The Balaban J connectivity index is 1.74. The molecule has 140 valence electrons. The molecule has 0 N–H and O–H groups in total. The predicted octanol–water partition coefficient (Wildman–Crippen LogP) is 7.23. The van der Waals surface area contributed by atoms with E-state index in [1.165, 1.54) is 27.2 Å². The van der Waals surface area contributed by atoms with Crippen molar-refractivity contribution < 1.29 is 4.42 Å². The first-order valence-corrected chi connectivity index (χ1v) is 10.1. The van der Waals surface area contributed by atoms with Gasteiger partial charge in [0.25, 0.3) is 0 Å². The minimum Gasteiger partial charge on any atom is -0.456 e. The van der Waals surface area contributed by atoms with Crippen LogP contribution in [0, 0.1) is 0 Å². The van der Waals surface area contributed by atoms with Gasteiger partial charge in [0.15, 0.2) is 0 Å². The Hall–Kier alpha value is -4.11. The molecule has 0 fully saturated rings. The second-order valence-electron chi connectivity index (χ2n) is 7.69. The zero-order valence-corrected chi connectivity index (χ0v) is 16.0. The first-order chi connectivity index (χ1) is 14.9. The highest BCUT2D eigenvalue weighted by molar-refractivity contribution is 6.24. The summed E-state index contributed by atoms with van der Waals surface area (Å²) in [5.74, 6) is 0. The molecule has 0 aliphatic rings. The first kappa shape index (κ1) is 15.8. The number of para-hydroxylation sites is 2. The van der Waals surface area contributed by atoms with Crippen LogP contribution in [0.15, 0.2) is 102 Å². The maximum atomic E-state index is 6.20. The van der Waals surface area contributed by atoms with Crippen LogP contribution in [0.25, 0.3) is 60.2 Å². The Morgan fingerprint density at radius 3 is 2.50 bits per heavy atom. The van der Waals surface area contributed by atoms with Crippen molar-refractivity contribution in [1.82, 2.24) is 9.55 Å². The second kappa shape index (κ2) is 5.71. The van der Waals surface area contributed by atoms with E-state index >= 15 is 0 Å². The van der Waals surface area contributed by atoms with Crippen LogP contribution in [-0.4, -0.2) is 9.55 Å². The molecule has 7 aromatic rings. The van der Waals surface area contributed by atoms with Crippen molar-refractivity contribution in [3.8, 4) is 5.69 Å². The summed E-state index contributed by atoms with van der Waals surface area (Å²) in [4.78, 5) is 4.25. The Bertz CT molecular complexity index is 1750. The SMILES string of the molecule is c1ccc2c(c1)oc1ccc3c4ccccc4n(-c4ccc5cnccc5c4)c3c12. The van der Waals surface area contributed by atoms with Crippen LogP contribution < -0.4 is 0 Å². The molecule has 0 bridgehead atoms. The molecule has 3 heterocycles. The molecule has 0 aliphatic heterocycles. The fourth-order valence-corrected chi connectivity index (χ4v) is 4.74. The van der Waals surface area contributed by atoms with Crippen molar-refractivity contribution in [2.75, 3.05) is 0 Å². The molecule has 30 heavy (non-hydrogen) atoms. The van der Waals surface area contributed by atoms with Crippen molar-refractivity contribution in [1.29, 1.82) is 0 Å². The molecule has 7 rings (SSSR count). The number of fused-ring (bicyclic) bond motifs is 8. The Kier molecular flexibility index (Phi) is 3.00. The highest BCUT2D eigenvalue weighted by atomic mass is 16.3. The summed E-state index contributed by atoms with van der Waals surface area (Å²) in [6, 6.07) is 29.8. The van der Waals surface area contributed by atoms with Gasteiger partial charge in [0.1, 0.15) is 11.2 Å². The minimum atomic E-state index is 0.915. The van der Waals surface area contributed by atoms with Gasteiger partial charge in [-0.1, -0.05) is 42.5 Å². The fraction of sp³-hybridized carbons (Fsp3) is 0. The zero-order valence-electron chi connectivity index (χ0n) is 16.0. The lowest BCUT2D eigenvalue weighted by atomic mass is 10.1. The van der Waals surface area contributed by atoms with E-state index in [-0.39, 0.29) is 0 Å². The molecule has 0 spiro atoms. The standard InChI is InChI=1S/C27H16N2O/c1-3-7-23-20(5-1)21-11-12-25-26(22-6-2-4-8-24(22)30-25)27(21)29(23)19-10-9-18-16-28-14-13-17(18)15-19/h1-16H. The highest BCUT2D eigenvalue weighted by Gasteiger charge is 2.18. The molecule has 0 saturated carbocycles. The number of pyridine rings is 1. The molecule has 0 atom stereocenters. The van der Waals surface area contributed by atoms with Gasteiger partial charge in [0.05, 0.1) is 16.4 Å². The van der Waals surface area contributed by atoms with Crippen molar-refractivity contribution in [2.45, 2.75) is 0 Å². The number of aromatic nitrogens is 2. The lowest BCUT2D eigenvalue weighted by molar-refractivity contribution is 0.669. The Morgan fingerprint density at radius 2 is 1.53 bits per heavy atom. The van der Waals surface area contributed by atoms with Gasteiger partial charge in [0, 0.05) is 39.6 Å². The van der Waals surface area contributed by atoms with Crippen molar-refractivity contribution in [3.05, 3.63) is 97.3 Å². The van der Waals surface area contributed by atoms with Crippen molar-refractivity contribution in [3.63, 3.8) is 0 Å². The second-order valence-corrected chi connectivity index (χ2v) is 7.69. The molecule has 0 amide bonds. The van der Waals surface area contributed by atoms with Gasteiger partial charge in [-0.05, 0) is 47.9 Å². The van der Waals surface area contributed by atoms with Gasteiger partial charge < -0.3 is 8.98 Å². The van der Waals surface area contributed by atoms with E-state index < -0.39 is 0 Å². The molecule has 4 aromatic carbocycles. The van der Waals surface area contributed by atoms with E-state index in [4.69, 9.17) is 4.42 Å². The third kappa shape index (κ3) is 2.01. The van der Waals surface area contributed by atoms with Crippen LogP contribution in [0.1, 0.15) is 0 Å². The summed E-state index contributed by atoms with van der Waals surface area (Å²) in [6.45, 7) is 0. The number of nitrogens with zero attached hydrogens (tertiary/aromatic N) is 2. The first-order valence-electron chi connectivity index (χ1n) is 10.1. The van der Waals surface area contributed by atoms with Gasteiger partial charge in [-0.2, -0.15) is 0 Å². The summed E-state index contributed by atoms with van der Waals surface area (Å²) in [6.07, 6.45) is 3.76. The van der Waals surface area contributed by atoms with E-state index in [1.807, 2.05) is 24.5 Å². The summed E-state index contributed by atoms with van der Waals surface area (Å²) < 4.78 is 8.57. The molecular formula is C27H16N2O. The third-order valence-electron chi connectivity index (χ3n) is 6.06. The van der Waals surface area contributed by atoms with Gasteiger partial charge in [-0.15, -0.1) is 0 Å². The van der Waals surface area contributed by atoms with E-state index in [0.29, 0.717) is 0 Å². The maximum absolute atomic E-state index is 6.20. The largest absolute Gasteiger partial charge is 0.456 e. The fourth-order valence-electron chi connectivity index (χ4n) is 4.74. The van der Waals surface area contributed by atoms with Gasteiger partial charge >= 0.3 is 0 Å². The van der Waals surface area contributed by atoms with Crippen LogP contribution >= 0.6 is 0 Å². The number of hydrogen-bond acceptors (Lipinski definition) is 2. The number of hydrogen-bond donors (Lipinski definition) is 0. The molecule has 0 aliphatic carbocycles. The molecule has 3 aromatic heterocycles. The minimum absolute atomic E-state index is 0.915. The summed E-state index contributed by atoms with van der Waals surface area (Å²) in [5.41, 5.74) is 5.35. The normalized spacial score (nSPS) is 12.0. The smallest absolute Gasteiger partial charge is 0.137 e. The molecule has 3 heteroatoms. The molecule has 3 nitrogen and oxygen atoms in total. The van der Waals surface area contributed by atoms with Crippen LogP contribution in [0.4, 0.5) is 0 Å². The maximum Gasteiger partial charge on any atom is 0.137 e. The Morgan fingerprint density at radius 1 is 0.667 bits per heavy atom. The van der Waals surface area contributed by atoms with Crippen LogP contribution in [0.3, 0.4) is 0 Å². The quantitative estimate of drug-likeness (QED) is 0.299. The van der Waals surface area contributed by atoms with Crippen molar-refractivity contribution >= 4 is 54.5 Å². The van der Waals surface area contributed by atoms with E-state index in [0.717, 1.165) is 33.0 Å². The van der Waals surface area contributed by atoms with Crippen LogP contribution in [-0.2, 0) is 0 Å². The predicted molar refractivity (Wildman–Crippen MR) is 123 cm³/mol. The monoisotopic (exact) mass is 384 g/mol. The molecule has 0 unspecified atom stereocenters. The topological polar surface area (TPSA) is 31.0 Å².